The average molecular weight is 491 g/mol. The third kappa shape index (κ3) is 4.85. The van der Waals surface area contributed by atoms with Gasteiger partial charge >= 0.3 is 5.97 Å². The maximum absolute atomic E-state index is 13.9. The zero-order valence-corrected chi connectivity index (χ0v) is 20.5. The zero-order valence-electron chi connectivity index (χ0n) is 19.7. The number of carbonyl (C=O) groups excluding carboxylic acids is 1. The maximum Gasteiger partial charge on any atom is 0.345 e. The number of nitrogens with zero attached hydrogens (tertiary/aromatic N) is 1. The van der Waals surface area contributed by atoms with Gasteiger partial charge in [-0.25, -0.2) is 17.8 Å². The number of benzene rings is 2. The Hall–Kier alpha value is -2.79. The summed E-state index contributed by atoms with van der Waals surface area (Å²) in [7, 11) is -4.39. The van der Waals surface area contributed by atoms with Gasteiger partial charge in [0, 0.05) is 17.2 Å². The van der Waals surface area contributed by atoms with Gasteiger partial charge in [-0.3, -0.25) is 4.79 Å². The van der Waals surface area contributed by atoms with Crippen LogP contribution in [0.1, 0.15) is 31.1 Å². The number of morpholine rings is 1. The molecule has 184 valence electrons. The molecule has 1 aliphatic heterocycles. The van der Waals surface area contributed by atoms with E-state index in [0.29, 0.717) is 44.1 Å². The quantitative estimate of drug-likeness (QED) is 0.462. The Morgan fingerprint density at radius 3 is 2.15 bits per heavy atom. The third-order valence-electron chi connectivity index (χ3n) is 6.35. The molecule has 2 aromatic rings. The minimum atomic E-state index is -4.39. The number of hydrogen-bond donors (Lipinski definition) is 3. The van der Waals surface area contributed by atoms with Crippen molar-refractivity contribution in [2.45, 2.75) is 30.5 Å². The van der Waals surface area contributed by atoms with Gasteiger partial charge in [0.25, 0.3) is 10.8 Å². The van der Waals surface area contributed by atoms with E-state index < -0.39 is 26.6 Å². The van der Waals surface area contributed by atoms with E-state index in [0.717, 1.165) is 0 Å². The van der Waals surface area contributed by atoms with Crippen molar-refractivity contribution in [2.75, 3.05) is 38.2 Å². The normalized spacial score (nSPS) is 17.6. The highest BCUT2D eigenvalue weighted by atomic mass is 32.2. The van der Waals surface area contributed by atoms with Crippen LogP contribution in [0.3, 0.4) is 0 Å². The number of likely N-dealkylation sites (N-methyl/N-ethyl adjacent to an activating group) is 1. The van der Waals surface area contributed by atoms with Crippen molar-refractivity contribution in [2.24, 2.45) is 5.92 Å². The van der Waals surface area contributed by atoms with Gasteiger partial charge in [0.2, 0.25) is 9.84 Å². The van der Waals surface area contributed by atoms with Gasteiger partial charge < -0.3 is 15.2 Å². The summed E-state index contributed by atoms with van der Waals surface area (Å²) in [6.07, 6.45) is 0. The van der Waals surface area contributed by atoms with Crippen molar-refractivity contribution >= 4 is 27.4 Å². The van der Waals surface area contributed by atoms with Crippen molar-refractivity contribution in [3.8, 4) is 0 Å². The lowest BCUT2D eigenvalue weighted by Crippen LogP contribution is -2.75. The monoisotopic (exact) mass is 490 g/mol. The number of amides is 1. The first-order valence-electron chi connectivity index (χ1n) is 11.3. The van der Waals surface area contributed by atoms with E-state index in [1.54, 1.807) is 44.2 Å². The topological polar surface area (TPSA) is 122 Å². The Morgan fingerprint density at radius 2 is 1.65 bits per heavy atom. The molecule has 0 saturated carbocycles. The molecule has 0 bridgehead atoms. The number of hydrogen-bond acceptors (Lipinski definition) is 6. The van der Waals surface area contributed by atoms with Crippen LogP contribution < -0.4 is 10.7 Å². The minimum Gasteiger partial charge on any atom is -0.479 e. The maximum atomic E-state index is 13.9. The smallest absolute Gasteiger partial charge is 0.345 e. The molecule has 1 unspecified atom stereocenters. The van der Waals surface area contributed by atoms with Gasteiger partial charge in [-0.05, 0) is 43.3 Å². The molecule has 1 amide bonds. The van der Waals surface area contributed by atoms with E-state index in [4.69, 9.17) is 4.74 Å². The fourth-order valence-corrected chi connectivity index (χ4v) is 6.19. The highest BCUT2D eigenvalue weighted by molar-refractivity contribution is 7.93. The lowest BCUT2D eigenvalue weighted by molar-refractivity contribution is -0.977. The molecule has 10 heteroatoms. The number of nitrogens with one attached hydrogen (secondary N) is 2. The van der Waals surface area contributed by atoms with E-state index in [-0.39, 0.29) is 15.4 Å². The summed E-state index contributed by atoms with van der Waals surface area (Å²) >= 11 is 0. The van der Waals surface area contributed by atoms with E-state index in [1.165, 1.54) is 24.3 Å². The third-order valence-corrected chi connectivity index (χ3v) is 8.83. The Morgan fingerprint density at radius 1 is 1.06 bits per heavy atom. The van der Waals surface area contributed by atoms with Crippen molar-refractivity contribution in [1.29, 1.82) is 0 Å². The van der Waals surface area contributed by atoms with Crippen molar-refractivity contribution in [3.05, 3.63) is 60.2 Å². The molecule has 1 saturated heterocycles. The molecule has 0 aromatic heterocycles. The Bertz CT molecular complexity index is 1110. The van der Waals surface area contributed by atoms with Gasteiger partial charge in [0.1, 0.15) is 13.1 Å². The molecule has 0 spiro atoms. The number of sulfone groups is 1. The summed E-state index contributed by atoms with van der Waals surface area (Å²) in [4.78, 5) is 22.6. The number of carboxylic acids is 1. The molecule has 1 fully saturated rings. The molecule has 3 N–H and O–H groups in total. The predicted molar refractivity (Wildman–Crippen MR) is 128 cm³/mol. The number of carbonyl (C=O) groups is 2. The van der Waals surface area contributed by atoms with Crippen LogP contribution in [0, 0.1) is 5.92 Å². The van der Waals surface area contributed by atoms with Gasteiger partial charge in [0.05, 0.1) is 24.7 Å². The van der Waals surface area contributed by atoms with E-state index in [9.17, 15) is 23.1 Å². The molecule has 1 heterocycles. The van der Waals surface area contributed by atoms with Crippen molar-refractivity contribution in [1.82, 2.24) is 5.43 Å². The lowest BCUT2D eigenvalue weighted by Gasteiger charge is -2.46. The number of aliphatic carboxylic acids is 1. The van der Waals surface area contributed by atoms with Crippen molar-refractivity contribution < 1.29 is 32.4 Å². The second-order valence-electron chi connectivity index (χ2n) is 8.68. The van der Waals surface area contributed by atoms with Crippen LogP contribution >= 0.6 is 0 Å². The average Bonchev–Trinajstić information content (AvgIpc) is 2.83. The zero-order chi connectivity index (χ0) is 25.0. The first-order chi connectivity index (χ1) is 16.1. The molecule has 34 heavy (non-hydrogen) atoms. The van der Waals surface area contributed by atoms with Crippen LogP contribution in [0.4, 0.5) is 5.69 Å². The number of carboxylic acid groups (broad SMARTS) is 1. The fourth-order valence-electron chi connectivity index (χ4n) is 4.16. The Balaban J connectivity index is 1.95. The summed E-state index contributed by atoms with van der Waals surface area (Å²) in [5, 5.41) is 13.0. The Labute approximate surface area is 200 Å². The highest BCUT2D eigenvalue weighted by Gasteiger charge is 2.59. The van der Waals surface area contributed by atoms with Crippen LogP contribution in [0.2, 0.25) is 0 Å². The number of anilines is 1. The summed E-state index contributed by atoms with van der Waals surface area (Å²) in [5.41, 5.74) is 3.90. The van der Waals surface area contributed by atoms with Gasteiger partial charge in [-0.1, -0.05) is 32.0 Å². The highest BCUT2D eigenvalue weighted by Crippen LogP contribution is 2.33. The molecular formula is C24H32N3O6S+. The van der Waals surface area contributed by atoms with Crippen LogP contribution in [0.25, 0.3) is 0 Å². The molecule has 1 atom stereocenters. The first-order valence-corrected chi connectivity index (χ1v) is 12.7. The van der Waals surface area contributed by atoms with Crippen LogP contribution in [0.5, 0.6) is 0 Å². The standard InChI is InChI=1S/C24H31N3O6S/c1-4-27(14-16-33-17-15-27)26-24(18(2)3,23(29)30)34(31,32)21-12-10-20(11-13-21)25-22(28)19-8-6-5-7-9-19/h5-13,18,26H,4,14-17H2,1-3H3,(H-,25,28,29,30)/p+1. The molecule has 2 aromatic carbocycles. The largest absolute Gasteiger partial charge is 0.479 e. The number of rotatable bonds is 9. The fraction of sp³-hybridized carbons (Fsp3) is 0.417. The number of ether oxygens (including phenoxy) is 1. The van der Waals surface area contributed by atoms with Gasteiger partial charge in [-0.15, -0.1) is 5.43 Å². The Kier molecular flexibility index (Phi) is 7.77. The molecular weight excluding hydrogens is 458 g/mol. The summed E-state index contributed by atoms with van der Waals surface area (Å²) in [6, 6.07) is 14.2. The van der Waals surface area contributed by atoms with E-state index in [2.05, 4.69) is 10.7 Å². The molecule has 1 aliphatic rings. The second-order valence-corrected chi connectivity index (χ2v) is 10.8. The van der Waals surface area contributed by atoms with Crippen LogP contribution in [-0.2, 0) is 19.4 Å². The summed E-state index contributed by atoms with van der Waals surface area (Å²) < 4.78 is 33.2. The first kappa shape index (κ1) is 25.8. The van der Waals surface area contributed by atoms with Gasteiger partial charge in [-0.2, -0.15) is 0 Å². The summed E-state index contributed by atoms with van der Waals surface area (Å²) in [5.74, 6) is -2.57. The molecule has 9 nitrogen and oxygen atoms in total. The number of quaternary nitrogens is 1. The molecule has 0 aliphatic carbocycles. The van der Waals surface area contributed by atoms with Crippen LogP contribution in [-0.4, -0.2) is 67.7 Å². The molecule has 0 radical (unpaired) electrons. The minimum absolute atomic E-state index is 0.120. The predicted octanol–water partition coefficient (Wildman–Crippen LogP) is 2.52. The van der Waals surface area contributed by atoms with Gasteiger partial charge in [0.15, 0.2) is 0 Å². The van der Waals surface area contributed by atoms with Crippen molar-refractivity contribution in [3.63, 3.8) is 0 Å². The van der Waals surface area contributed by atoms with E-state index in [1.807, 2.05) is 6.92 Å². The lowest BCUT2D eigenvalue weighted by atomic mass is 10.0. The second kappa shape index (κ2) is 10.2. The molecule has 3 rings (SSSR count). The summed E-state index contributed by atoms with van der Waals surface area (Å²) in [6.45, 7) is 7.29. The van der Waals surface area contributed by atoms with Crippen LogP contribution in [0.15, 0.2) is 59.5 Å². The SMILES string of the molecule is CC[N+]1(NC(C(=O)O)(C(C)C)S(=O)(=O)c2ccc(NC(=O)c3ccccc3)cc2)CCOCC1. The van der Waals surface area contributed by atoms with E-state index >= 15 is 0 Å².